The topological polar surface area (TPSA) is 124 Å². The minimum atomic E-state index is -1.51. The molecule has 1 aliphatic rings. The minimum absolute atomic E-state index is 0.0821. The number of nitrogens with one attached hydrogen (secondary N) is 1. The number of carbonyl (C=O) groups excluding carboxylic acids is 2. The molecule has 1 heterocycles. The van der Waals surface area contributed by atoms with E-state index in [0.717, 1.165) is 5.56 Å². The summed E-state index contributed by atoms with van der Waals surface area (Å²) in [5.41, 5.74) is -0.278. The van der Waals surface area contributed by atoms with E-state index in [4.69, 9.17) is 5.11 Å². The molecule has 0 aromatic heterocycles. The summed E-state index contributed by atoms with van der Waals surface area (Å²) in [7, 11) is 0. The normalized spacial score (nSPS) is 17.2. The highest BCUT2D eigenvalue weighted by Crippen LogP contribution is 2.36. The number of carboxylic acids is 2. The van der Waals surface area contributed by atoms with Gasteiger partial charge in [0.05, 0.1) is 11.8 Å². The number of amides is 2. The van der Waals surface area contributed by atoms with E-state index >= 15 is 0 Å². The molecule has 140 valence electrons. The van der Waals surface area contributed by atoms with Gasteiger partial charge < -0.3 is 20.4 Å². The van der Waals surface area contributed by atoms with Crippen molar-refractivity contribution < 1.29 is 29.4 Å². The van der Waals surface area contributed by atoms with E-state index in [1.807, 2.05) is 6.07 Å². The van der Waals surface area contributed by atoms with Crippen molar-refractivity contribution in [1.82, 2.24) is 10.2 Å². The molecule has 1 atom stereocenters. The van der Waals surface area contributed by atoms with Crippen molar-refractivity contribution in [2.45, 2.75) is 37.6 Å². The van der Waals surface area contributed by atoms with Crippen molar-refractivity contribution in [2.75, 3.05) is 13.1 Å². The second-order valence-corrected chi connectivity index (χ2v) is 6.42. The number of hydrogen-bond donors (Lipinski definition) is 3. The first-order valence-electron chi connectivity index (χ1n) is 8.33. The zero-order valence-electron chi connectivity index (χ0n) is 14.5. The fraction of sp³-hybridized carbons (Fsp3) is 0.444. The van der Waals surface area contributed by atoms with Crippen LogP contribution in [0.3, 0.4) is 0 Å². The summed E-state index contributed by atoms with van der Waals surface area (Å²) in [5.74, 6) is -3.31. The van der Waals surface area contributed by atoms with Crippen LogP contribution in [-0.2, 0) is 24.6 Å². The van der Waals surface area contributed by atoms with Gasteiger partial charge in [0.2, 0.25) is 11.8 Å². The molecule has 1 aromatic carbocycles. The molecule has 2 rings (SSSR count). The van der Waals surface area contributed by atoms with Crippen LogP contribution in [0.5, 0.6) is 0 Å². The number of carboxylic acid groups (broad SMARTS) is 2. The predicted octanol–water partition coefficient (Wildman–Crippen LogP) is 0.611. The fourth-order valence-corrected chi connectivity index (χ4v) is 3.28. The van der Waals surface area contributed by atoms with Gasteiger partial charge in [0.1, 0.15) is 6.04 Å². The zero-order valence-corrected chi connectivity index (χ0v) is 14.5. The first-order valence-corrected chi connectivity index (χ1v) is 8.33. The van der Waals surface area contributed by atoms with Crippen LogP contribution in [0.25, 0.3) is 0 Å². The average Bonchev–Trinajstić information content (AvgIpc) is 2.61. The second-order valence-electron chi connectivity index (χ2n) is 6.42. The number of rotatable bonds is 6. The Balaban J connectivity index is 2.30. The van der Waals surface area contributed by atoms with Crippen LogP contribution in [0.15, 0.2) is 30.3 Å². The smallest absolute Gasteiger partial charge is 0.326 e. The lowest BCUT2D eigenvalue weighted by Gasteiger charge is -2.41. The van der Waals surface area contributed by atoms with Crippen LogP contribution < -0.4 is 5.32 Å². The van der Waals surface area contributed by atoms with Gasteiger partial charge in [0.25, 0.3) is 0 Å². The van der Waals surface area contributed by atoms with Gasteiger partial charge in [-0.25, -0.2) is 4.79 Å². The summed E-state index contributed by atoms with van der Waals surface area (Å²) < 4.78 is 0. The Bertz CT molecular complexity index is 695. The molecule has 0 unspecified atom stereocenters. The average molecular weight is 362 g/mol. The molecular formula is C18H22N2O6. The highest BCUT2D eigenvalue weighted by molar-refractivity contribution is 5.93. The van der Waals surface area contributed by atoms with E-state index in [0.29, 0.717) is 25.9 Å². The highest BCUT2D eigenvalue weighted by atomic mass is 16.4. The van der Waals surface area contributed by atoms with Gasteiger partial charge in [0.15, 0.2) is 0 Å². The van der Waals surface area contributed by atoms with Gasteiger partial charge in [-0.2, -0.15) is 0 Å². The second kappa shape index (κ2) is 7.99. The molecule has 0 spiro atoms. The third-order valence-corrected chi connectivity index (χ3v) is 4.81. The number of nitrogens with zero attached hydrogens (tertiary/aromatic N) is 1. The Labute approximate surface area is 150 Å². The molecule has 8 nitrogen and oxygen atoms in total. The number of aliphatic carboxylic acids is 2. The summed E-state index contributed by atoms with van der Waals surface area (Å²) in [6, 6.07) is 7.45. The van der Waals surface area contributed by atoms with Crippen LogP contribution in [0.2, 0.25) is 0 Å². The van der Waals surface area contributed by atoms with Gasteiger partial charge >= 0.3 is 11.9 Å². The lowest BCUT2D eigenvalue weighted by atomic mass is 9.71. The van der Waals surface area contributed by atoms with Crippen molar-refractivity contribution in [3.8, 4) is 0 Å². The van der Waals surface area contributed by atoms with Gasteiger partial charge in [0, 0.05) is 20.0 Å². The van der Waals surface area contributed by atoms with Crippen LogP contribution in [0.1, 0.15) is 31.7 Å². The third kappa shape index (κ3) is 4.19. The van der Waals surface area contributed by atoms with E-state index in [9.17, 15) is 24.3 Å². The van der Waals surface area contributed by atoms with Crippen LogP contribution >= 0.6 is 0 Å². The number of likely N-dealkylation sites (tertiary alicyclic amines) is 1. The summed E-state index contributed by atoms with van der Waals surface area (Å²) in [5, 5.41) is 20.5. The van der Waals surface area contributed by atoms with Crippen molar-refractivity contribution in [1.29, 1.82) is 0 Å². The summed E-state index contributed by atoms with van der Waals surface area (Å²) >= 11 is 0. The number of benzene rings is 1. The molecule has 1 aliphatic heterocycles. The molecule has 1 aromatic rings. The molecule has 0 bridgehead atoms. The summed E-state index contributed by atoms with van der Waals surface area (Å²) in [4.78, 5) is 48.4. The third-order valence-electron chi connectivity index (χ3n) is 4.81. The Morgan fingerprint density at radius 2 is 1.69 bits per heavy atom. The monoisotopic (exact) mass is 362 g/mol. The molecule has 26 heavy (non-hydrogen) atoms. The van der Waals surface area contributed by atoms with Crippen LogP contribution in [-0.4, -0.2) is 58.0 Å². The molecule has 1 fully saturated rings. The van der Waals surface area contributed by atoms with Gasteiger partial charge in [-0.3, -0.25) is 14.4 Å². The molecule has 0 saturated carbocycles. The maximum atomic E-state index is 13.0. The van der Waals surface area contributed by atoms with Crippen LogP contribution in [0.4, 0.5) is 0 Å². The Hall–Kier alpha value is -2.90. The Kier molecular flexibility index (Phi) is 5.97. The molecule has 0 radical (unpaired) electrons. The minimum Gasteiger partial charge on any atom is -0.481 e. The molecule has 8 heteroatoms. The molecule has 0 aliphatic carbocycles. The van der Waals surface area contributed by atoms with Crippen molar-refractivity contribution in [3.05, 3.63) is 35.9 Å². The highest BCUT2D eigenvalue weighted by Gasteiger charge is 2.44. The molecule has 2 amide bonds. The largest absolute Gasteiger partial charge is 0.481 e. The quantitative estimate of drug-likeness (QED) is 0.681. The van der Waals surface area contributed by atoms with E-state index < -0.39 is 35.7 Å². The van der Waals surface area contributed by atoms with Crippen molar-refractivity contribution in [2.24, 2.45) is 0 Å². The predicted molar refractivity (Wildman–Crippen MR) is 91.4 cm³/mol. The fourth-order valence-electron chi connectivity index (χ4n) is 3.28. The maximum Gasteiger partial charge on any atom is 0.326 e. The van der Waals surface area contributed by atoms with Crippen molar-refractivity contribution >= 4 is 23.8 Å². The standard InChI is InChI=1S/C18H22N2O6/c1-12(21)20-9-7-18(8-10-20,13-5-3-2-4-6-13)17(26)19-14(16(24)25)11-15(22)23/h2-6,14H,7-11H2,1H3,(H,19,26)(H,22,23)(H,24,25)/t14-/m0/s1. The SMILES string of the molecule is CC(=O)N1CCC(C(=O)N[C@@H](CC(=O)O)C(=O)O)(c2ccccc2)CC1. The van der Waals surface area contributed by atoms with E-state index in [2.05, 4.69) is 5.32 Å². The lowest BCUT2D eigenvalue weighted by molar-refractivity contribution is -0.148. The Morgan fingerprint density at radius 1 is 1.12 bits per heavy atom. The maximum absolute atomic E-state index is 13.0. The molecule has 1 saturated heterocycles. The zero-order chi connectivity index (χ0) is 19.3. The summed E-state index contributed by atoms with van der Waals surface area (Å²) in [6.45, 7) is 2.20. The van der Waals surface area contributed by atoms with Gasteiger partial charge in [-0.05, 0) is 18.4 Å². The van der Waals surface area contributed by atoms with E-state index in [1.54, 1.807) is 29.2 Å². The van der Waals surface area contributed by atoms with E-state index in [1.165, 1.54) is 6.92 Å². The number of carbonyl (C=O) groups is 4. The van der Waals surface area contributed by atoms with E-state index in [-0.39, 0.29) is 5.91 Å². The Morgan fingerprint density at radius 3 is 2.15 bits per heavy atom. The summed E-state index contributed by atoms with van der Waals surface area (Å²) in [6.07, 6.45) is -0.0326. The number of piperidine rings is 1. The van der Waals surface area contributed by atoms with Gasteiger partial charge in [-0.1, -0.05) is 30.3 Å². The number of hydrogen-bond acceptors (Lipinski definition) is 4. The first-order chi connectivity index (χ1) is 12.3. The molecule has 3 N–H and O–H groups in total. The van der Waals surface area contributed by atoms with Crippen LogP contribution in [0, 0.1) is 0 Å². The molecular weight excluding hydrogens is 340 g/mol. The van der Waals surface area contributed by atoms with Crippen molar-refractivity contribution in [3.63, 3.8) is 0 Å². The first kappa shape index (κ1) is 19.4. The van der Waals surface area contributed by atoms with Gasteiger partial charge in [-0.15, -0.1) is 0 Å². The lowest BCUT2D eigenvalue weighted by Crippen LogP contribution is -2.55.